The summed E-state index contributed by atoms with van der Waals surface area (Å²) in [6, 6.07) is 13.4. The van der Waals surface area contributed by atoms with Crippen LogP contribution in [0.3, 0.4) is 0 Å². The van der Waals surface area contributed by atoms with Crippen LogP contribution in [0.2, 0.25) is 0 Å². The van der Waals surface area contributed by atoms with Crippen molar-refractivity contribution in [2.75, 3.05) is 27.4 Å². The number of rotatable bonds is 7. The molecular weight excluding hydrogens is 438 g/mol. The average molecular weight is 460 g/mol. The predicted molar refractivity (Wildman–Crippen MR) is 113 cm³/mol. The van der Waals surface area contributed by atoms with Crippen molar-refractivity contribution in [2.45, 2.75) is 12.5 Å². The minimum absolute atomic E-state index is 0.0832. The van der Waals surface area contributed by atoms with Crippen molar-refractivity contribution in [3.8, 4) is 5.75 Å². The number of amides is 1. The molecule has 7 heteroatoms. The van der Waals surface area contributed by atoms with Gasteiger partial charge in [-0.25, -0.2) is 0 Å². The molecule has 1 atom stereocenters. The highest BCUT2D eigenvalue weighted by molar-refractivity contribution is 9.10. The van der Waals surface area contributed by atoms with E-state index in [4.69, 9.17) is 9.47 Å². The van der Waals surface area contributed by atoms with Gasteiger partial charge >= 0.3 is 0 Å². The summed E-state index contributed by atoms with van der Waals surface area (Å²) < 4.78 is 11.1. The third-order valence-corrected chi connectivity index (χ3v) is 5.37. The average Bonchev–Trinajstić information content (AvgIpc) is 2.99. The first kappa shape index (κ1) is 21.1. The molecule has 0 aliphatic carbocycles. The molecule has 1 unspecified atom stereocenters. The first-order valence-electron chi connectivity index (χ1n) is 9.15. The second kappa shape index (κ2) is 9.24. The van der Waals surface area contributed by atoms with Crippen molar-refractivity contribution in [3.63, 3.8) is 0 Å². The van der Waals surface area contributed by atoms with Gasteiger partial charge in [0, 0.05) is 30.3 Å². The van der Waals surface area contributed by atoms with Crippen LogP contribution in [0.15, 0.2) is 58.6 Å². The molecule has 29 heavy (non-hydrogen) atoms. The number of ether oxygens (including phenoxy) is 2. The Morgan fingerprint density at radius 1 is 1.07 bits per heavy atom. The van der Waals surface area contributed by atoms with Gasteiger partial charge in [-0.3, -0.25) is 9.59 Å². The summed E-state index contributed by atoms with van der Waals surface area (Å²) in [4.78, 5) is 27.1. The molecule has 2 aromatic carbocycles. The van der Waals surface area contributed by atoms with E-state index in [1.807, 2.05) is 0 Å². The summed E-state index contributed by atoms with van der Waals surface area (Å²) in [5.74, 6) is -0.840. The van der Waals surface area contributed by atoms with E-state index in [1.165, 1.54) is 4.90 Å². The van der Waals surface area contributed by atoms with Gasteiger partial charge in [-0.05, 0) is 36.2 Å². The van der Waals surface area contributed by atoms with Crippen LogP contribution in [-0.4, -0.2) is 49.1 Å². The van der Waals surface area contributed by atoms with Crippen molar-refractivity contribution in [2.24, 2.45) is 0 Å². The number of methoxy groups -OCH3 is 2. The SMILES string of the molecule is COCCCN1C(=O)C(=O)/C(=C(\O)c2ccc(Br)cc2)C1c1ccc(OC)cc1. The highest BCUT2D eigenvalue weighted by Gasteiger charge is 2.45. The lowest BCUT2D eigenvalue weighted by atomic mass is 9.95. The first-order valence-corrected chi connectivity index (χ1v) is 9.94. The molecule has 1 fully saturated rings. The molecule has 0 bridgehead atoms. The van der Waals surface area contributed by atoms with Crippen molar-refractivity contribution < 1.29 is 24.2 Å². The lowest BCUT2D eigenvalue weighted by molar-refractivity contribution is -0.140. The minimum Gasteiger partial charge on any atom is -0.507 e. The van der Waals surface area contributed by atoms with E-state index >= 15 is 0 Å². The van der Waals surface area contributed by atoms with Gasteiger partial charge in [0.1, 0.15) is 11.5 Å². The number of ketones is 1. The number of hydrogen-bond acceptors (Lipinski definition) is 5. The van der Waals surface area contributed by atoms with E-state index in [9.17, 15) is 14.7 Å². The molecule has 2 aromatic rings. The number of hydrogen-bond donors (Lipinski definition) is 1. The molecule has 0 spiro atoms. The van der Waals surface area contributed by atoms with Crippen molar-refractivity contribution in [1.82, 2.24) is 4.90 Å². The van der Waals surface area contributed by atoms with Crippen LogP contribution >= 0.6 is 15.9 Å². The second-order valence-electron chi connectivity index (χ2n) is 6.62. The number of halogens is 1. The predicted octanol–water partition coefficient (Wildman–Crippen LogP) is 3.92. The fourth-order valence-corrected chi connectivity index (χ4v) is 3.65. The standard InChI is InChI=1S/C22H22BrNO5/c1-28-13-3-12-24-19(14-6-10-17(29-2)11-7-14)18(21(26)22(24)27)20(25)15-4-8-16(23)9-5-15/h4-11,19,25H,3,12-13H2,1-2H3/b20-18-. The van der Waals surface area contributed by atoms with Crippen LogP contribution in [0.4, 0.5) is 0 Å². The maximum Gasteiger partial charge on any atom is 0.295 e. The van der Waals surface area contributed by atoms with E-state index < -0.39 is 17.7 Å². The number of aliphatic hydroxyl groups excluding tert-OH is 1. The van der Waals surface area contributed by atoms with Crippen LogP contribution in [0.5, 0.6) is 5.75 Å². The molecule has 1 N–H and O–H groups in total. The molecule has 0 radical (unpaired) electrons. The Morgan fingerprint density at radius 3 is 2.31 bits per heavy atom. The molecule has 1 aliphatic rings. The Hall–Kier alpha value is -2.64. The molecule has 0 aromatic heterocycles. The normalized spacial score (nSPS) is 18.3. The summed E-state index contributed by atoms with van der Waals surface area (Å²) >= 11 is 3.36. The summed E-state index contributed by atoms with van der Waals surface area (Å²) in [6.45, 7) is 0.803. The van der Waals surface area contributed by atoms with Gasteiger partial charge < -0.3 is 19.5 Å². The number of carbonyl (C=O) groups is 2. The Morgan fingerprint density at radius 2 is 1.72 bits per heavy atom. The first-order chi connectivity index (χ1) is 14.0. The summed E-state index contributed by atoms with van der Waals surface area (Å²) in [5.41, 5.74) is 1.28. The molecule has 3 rings (SSSR count). The maximum atomic E-state index is 12.9. The van der Waals surface area contributed by atoms with E-state index in [0.29, 0.717) is 30.9 Å². The van der Waals surface area contributed by atoms with E-state index in [1.54, 1.807) is 62.8 Å². The Balaban J connectivity index is 2.09. The summed E-state index contributed by atoms with van der Waals surface area (Å²) in [6.07, 6.45) is 0.578. The van der Waals surface area contributed by atoms with Gasteiger partial charge in [0.15, 0.2) is 0 Å². The Bertz CT molecular complexity index is 921. The fraction of sp³-hybridized carbons (Fsp3) is 0.273. The van der Waals surface area contributed by atoms with Crippen LogP contribution in [0.25, 0.3) is 5.76 Å². The number of aliphatic hydroxyl groups is 1. The largest absolute Gasteiger partial charge is 0.507 e. The van der Waals surface area contributed by atoms with E-state index in [0.717, 1.165) is 10.0 Å². The molecule has 1 saturated heterocycles. The third kappa shape index (κ3) is 4.36. The summed E-state index contributed by atoms with van der Waals surface area (Å²) in [7, 11) is 3.15. The molecule has 6 nitrogen and oxygen atoms in total. The monoisotopic (exact) mass is 459 g/mol. The molecule has 0 saturated carbocycles. The minimum atomic E-state index is -0.691. The van der Waals surface area contributed by atoms with Gasteiger partial charge in [-0.15, -0.1) is 0 Å². The van der Waals surface area contributed by atoms with E-state index in [-0.39, 0.29) is 11.3 Å². The zero-order valence-electron chi connectivity index (χ0n) is 16.2. The Kier molecular flexibility index (Phi) is 6.71. The number of nitrogens with zero attached hydrogens (tertiary/aromatic N) is 1. The molecule has 1 aliphatic heterocycles. The van der Waals surface area contributed by atoms with Gasteiger partial charge in [0.2, 0.25) is 0 Å². The lowest BCUT2D eigenvalue weighted by Gasteiger charge is -2.25. The highest BCUT2D eigenvalue weighted by atomic mass is 79.9. The van der Waals surface area contributed by atoms with Gasteiger partial charge in [-0.2, -0.15) is 0 Å². The van der Waals surface area contributed by atoms with E-state index in [2.05, 4.69) is 15.9 Å². The van der Waals surface area contributed by atoms with Gasteiger partial charge in [-0.1, -0.05) is 40.2 Å². The maximum absolute atomic E-state index is 12.9. The molecule has 1 heterocycles. The van der Waals surface area contributed by atoms with Crippen LogP contribution < -0.4 is 4.74 Å². The quantitative estimate of drug-likeness (QED) is 0.294. The highest BCUT2D eigenvalue weighted by Crippen LogP contribution is 2.40. The zero-order chi connectivity index (χ0) is 21.0. The number of benzene rings is 2. The second-order valence-corrected chi connectivity index (χ2v) is 7.53. The van der Waals surface area contributed by atoms with Gasteiger partial charge in [0.05, 0.1) is 18.7 Å². The van der Waals surface area contributed by atoms with Crippen molar-refractivity contribution in [1.29, 1.82) is 0 Å². The number of likely N-dealkylation sites (tertiary alicyclic amines) is 1. The topological polar surface area (TPSA) is 76.1 Å². The van der Waals surface area contributed by atoms with Crippen molar-refractivity contribution in [3.05, 3.63) is 69.7 Å². The number of Topliss-reactive ketones (excluding diaryl/α,β-unsaturated/α-hetero) is 1. The lowest BCUT2D eigenvalue weighted by Crippen LogP contribution is -2.31. The fourth-order valence-electron chi connectivity index (χ4n) is 3.39. The molecular formula is C22H22BrNO5. The molecule has 1 amide bonds. The third-order valence-electron chi connectivity index (χ3n) is 4.84. The van der Waals surface area contributed by atoms with Crippen LogP contribution in [0, 0.1) is 0 Å². The summed E-state index contributed by atoms with van der Waals surface area (Å²) in [5, 5.41) is 10.9. The van der Waals surface area contributed by atoms with Crippen molar-refractivity contribution >= 4 is 33.4 Å². The Labute approximate surface area is 177 Å². The van der Waals surface area contributed by atoms with Crippen LogP contribution in [-0.2, 0) is 14.3 Å². The van der Waals surface area contributed by atoms with Crippen LogP contribution in [0.1, 0.15) is 23.6 Å². The molecule has 152 valence electrons. The zero-order valence-corrected chi connectivity index (χ0v) is 17.8. The van der Waals surface area contributed by atoms with Gasteiger partial charge in [0.25, 0.3) is 11.7 Å². The smallest absolute Gasteiger partial charge is 0.295 e. The number of carbonyl (C=O) groups excluding carboxylic acids is 2.